The molecule has 2 saturated heterocycles. The zero-order chi connectivity index (χ0) is 27.5. The molecule has 0 radical (unpaired) electrons. The van der Waals surface area contributed by atoms with Crippen molar-refractivity contribution in [1.29, 1.82) is 0 Å². The minimum atomic E-state index is 0.000291. The van der Waals surface area contributed by atoms with Gasteiger partial charge in [0.25, 0.3) is 5.91 Å². The Bertz CT molecular complexity index is 1530. The fraction of sp³-hybridized carbons (Fsp3) is 0.379. The Morgan fingerprint density at radius 1 is 1.00 bits per heavy atom. The number of anilines is 3. The second-order valence-electron chi connectivity index (χ2n) is 10.3. The largest absolute Gasteiger partial charge is 0.378 e. The highest BCUT2D eigenvalue weighted by atomic mass is 32.1. The van der Waals surface area contributed by atoms with Gasteiger partial charge in [-0.05, 0) is 43.4 Å². The number of nitrogens with one attached hydrogen (secondary N) is 2. The average Bonchev–Trinajstić information content (AvgIpc) is 3.42. The van der Waals surface area contributed by atoms with Gasteiger partial charge in [-0.25, -0.2) is 9.97 Å². The SMILES string of the molecule is CN1CCN(CCC(=O)Nc2cccc(Nc3ncc4ccc5sc(C(=O)N6CCOCC6)cc5c4n3)c2)CC1. The first-order valence-electron chi connectivity index (χ1n) is 13.7. The molecule has 208 valence electrons. The van der Waals surface area contributed by atoms with E-state index >= 15 is 0 Å². The number of hydrogen-bond donors (Lipinski definition) is 2. The van der Waals surface area contributed by atoms with E-state index in [-0.39, 0.29) is 11.8 Å². The normalized spacial score (nSPS) is 16.9. The van der Waals surface area contributed by atoms with Gasteiger partial charge in [-0.1, -0.05) is 6.07 Å². The quantitative estimate of drug-likeness (QED) is 0.354. The molecule has 2 aromatic carbocycles. The van der Waals surface area contributed by atoms with E-state index in [4.69, 9.17) is 9.72 Å². The lowest BCUT2D eigenvalue weighted by molar-refractivity contribution is -0.116. The lowest BCUT2D eigenvalue weighted by Gasteiger charge is -2.32. The van der Waals surface area contributed by atoms with Crippen LogP contribution in [0.15, 0.2) is 48.7 Å². The van der Waals surface area contributed by atoms with Gasteiger partial charge in [0.15, 0.2) is 0 Å². The molecule has 0 unspecified atom stereocenters. The summed E-state index contributed by atoms with van der Waals surface area (Å²) in [5, 5.41) is 8.12. The molecule has 2 amide bonds. The van der Waals surface area contributed by atoms with Crippen LogP contribution in [0, 0.1) is 0 Å². The monoisotopic (exact) mass is 559 g/mol. The lowest BCUT2D eigenvalue weighted by Crippen LogP contribution is -2.45. The first-order chi connectivity index (χ1) is 19.5. The van der Waals surface area contributed by atoms with Crippen molar-refractivity contribution in [2.75, 3.05) is 76.7 Å². The molecule has 2 aliphatic heterocycles. The fourth-order valence-electron chi connectivity index (χ4n) is 5.05. The van der Waals surface area contributed by atoms with Crippen LogP contribution in [-0.2, 0) is 9.53 Å². The van der Waals surface area contributed by atoms with E-state index < -0.39 is 0 Å². The lowest BCUT2D eigenvalue weighted by atomic mass is 10.1. The standard InChI is InChI=1S/C29H33N7O3S/c1-34-9-11-35(12-10-34)8-7-26(37)31-21-3-2-4-22(17-21)32-29-30-19-20-5-6-24-23(27(20)33-29)18-25(40-24)28(38)36-13-15-39-16-14-36/h2-6,17-19H,7-16H2,1H3,(H,31,37)(H,30,32,33). The van der Waals surface area contributed by atoms with E-state index in [1.807, 2.05) is 47.4 Å². The van der Waals surface area contributed by atoms with Crippen molar-refractivity contribution in [2.24, 2.45) is 0 Å². The number of benzene rings is 2. The fourth-order valence-corrected chi connectivity index (χ4v) is 6.09. The molecule has 0 bridgehead atoms. The van der Waals surface area contributed by atoms with Crippen LogP contribution in [0.4, 0.5) is 17.3 Å². The summed E-state index contributed by atoms with van der Waals surface area (Å²) >= 11 is 1.49. The zero-order valence-electron chi connectivity index (χ0n) is 22.6. The molecule has 2 aromatic heterocycles. The van der Waals surface area contributed by atoms with Crippen molar-refractivity contribution >= 4 is 61.5 Å². The van der Waals surface area contributed by atoms with Gasteiger partial charge in [-0.2, -0.15) is 0 Å². The summed E-state index contributed by atoms with van der Waals surface area (Å²) in [5.41, 5.74) is 2.29. The van der Waals surface area contributed by atoms with Gasteiger partial charge in [0.1, 0.15) is 0 Å². The second kappa shape index (κ2) is 11.8. The van der Waals surface area contributed by atoms with Crippen molar-refractivity contribution < 1.29 is 14.3 Å². The Hall–Kier alpha value is -3.64. The van der Waals surface area contributed by atoms with Gasteiger partial charge in [0, 0.05) is 85.3 Å². The summed E-state index contributed by atoms with van der Waals surface area (Å²) in [6, 6.07) is 13.5. The number of ether oxygens (including phenoxy) is 1. The van der Waals surface area contributed by atoms with E-state index in [0.717, 1.165) is 65.1 Å². The van der Waals surface area contributed by atoms with Gasteiger partial charge in [0.05, 0.1) is 23.6 Å². The highest BCUT2D eigenvalue weighted by molar-refractivity contribution is 7.21. The van der Waals surface area contributed by atoms with Crippen LogP contribution in [0.5, 0.6) is 0 Å². The molecule has 10 nitrogen and oxygen atoms in total. The van der Waals surface area contributed by atoms with E-state index in [9.17, 15) is 9.59 Å². The number of rotatable bonds is 7. The molecule has 2 fully saturated rings. The maximum absolute atomic E-state index is 13.1. The van der Waals surface area contributed by atoms with Crippen molar-refractivity contribution in [3.05, 3.63) is 53.5 Å². The molecule has 2 N–H and O–H groups in total. The summed E-state index contributed by atoms with van der Waals surface area (Å²) < 4.78 is 6.40. The molecule has 2 aliphatic rings. The Kier molecular flexibility index (Phi) is 7.87. The highest BCUT2D eigenvalue weighted by Crippen LogP contribution is 2.32. The number of hydrogen-bond acceptors (Lipinski definition) is 9. The number of carbonyl (C=O) groups is 2. The van der Waals surface area contributed by atoms with Crippen molar-refractivity contribution in [2.45, 2.75) is 6.42 Å². The zero-order valence-corrected chi connectivity index (χ0v) is 23.4. The van der Waals surface area contributed by atoms with E-state index in [2.05, 4.69) is 32.5 Å². The molecule has 0 atom stereocenters. The third-order valence-electron chi connectivity index (χ3n) is 7.41. The predicted octanol–water partition coefficient (Wildman–Crippen LogP) is 3.64. The van der Waals surface area contributed by atoms with E-state index in [1.165, 1.54) is 11.3 Å². The van der Waals surface area contributed by atoms with Crippen molar-refractivity contribution in [3.63, 3.8) is 0 Å². The third-order valence-corrected chi connectivity index (χ3v) is 8.50. The van der Waals surface area contributed by atoms with Gasteiger partial charge >= 0.3 is 0 Å². The molecule has 4 aromatic rings. The number of morpholine rings is 1. The second-order valence-corrected chi connectivity index (χ2v) is 11.4. The van der Waals surface area contributed by atoms with Gasteiger partial charge < -0.3 is 30.1 Å². The molecule has 11 heteroatoms. The molecule has 0 saturated carbocycles. The number of thiophene rings is 1. The first kappa shape index (κ1) is 26.6. The van der Waals surface area contributed by atoms with Gasteiger partial charge in [0.2, 0.25) is 11.9 Å². The van der Waals surface area contributed by atoms with Crippen LogP contribution in [-0.4, -0.2) is 103 Å². The Morgan fingerprint density at radius 3 is 2.62 bits per heavy atom. The number of amides is 2. The van der Waals surface area contributed by atoms with E-state index in [1.54, 1.807) is 6.20 Å². The van der Waals surface area contributed by atoms with Gasteiger partial charge in [-0.15, -0.1) is 11.3 Å². The molecule has 0 spiro atoms. The molecular formula is C29H33N7O3S. The minimum absolute atomic E-state index is 0.000291. The molecule has 0 aliphatic carbocycles. The number of piperazine rings is 1. The Balaban J connectivity index is 1.14. The Labute approximate surface area is 236 Å². The van der Waals surface area contributed by atoms with Crippen LogP contribution in [0.3, 0.4) is 0 Å². The minimum Gasteiger partial charge on any atom is -0.378 e. The van der Waals surface area contributed by atoms with Crippen molar-refractivity contribution in [1.82, 2.24) is 24.7 Å². The summed E-state index contributed by atoms with van der Waals surface area (Å²) in [6.45, 7) is 7.21. The maximum atomic E-state index is 13.1. The van der Waals surface area contributed by atoms with Gasteiger partial charge in [-0.3, -0.25) is 9.59 Å². The van der Waals surface area contributed by atoms with Crippen molar-refractivity contribution in [3.8, 4) is 0 Å². The van der Waals surface area contributed by atoms with Crippen LogP contribution < -0.4 is 10.6 Å². The molecule has 6 rings (SSSR count). The first-order valence-corrected chi connectivity index (χ1v) is 14.5. The summed E-state index contributed by atoms with van der Waals surface area (Å²) in [4.78, 5) is 42.1. The maximum Gasteiger partial charge on any atom is 0.264 e. The summed E-state index contributed by atoms with van der Waals surface area (Å²) in [7, 11) is 2.13. The molecule has 4 heterocycles. The van der Waals surface area contributed by atoms with E-state index in [0.29, 0.717) is 43.5 Å². The number of carbonyl (C=O) groups excluding carboxylic acids is 2. The number of nitrogens with zero attached hydrogens (tertiary/aromatic N) is 5. The third kappa shape index (κ3) is 6.07. The number of likely N-dealkylation sites (N-methyl/N-ethyl adjacent to an activating group) is 1. The highest BCUT2D eigenvalue weighted by Gasteiger charge is 2.21. The van der Waals surface area contributed by atoms with Crippen LogP contribution in [0.25, 0.3) is 21.0 Å². The number of fused-ring (bicyclic) bond motifs is 3. The predicted molar refractivity (Wildman–Crippen MR) is 159 cm³/mol. The topological polar surface area (TPSA) is 103 Å². The van der Waals surface area contributed by atoms with Crippen LogP contribution in [0.2, 0.25) is 0 Å². The summed E-state index contributed by atoms with van der Waals surface area (Å²) in [6.07, 6.45) is 2.25. The molecular weight excluding hydrogens is 526 g/mol. The average molecular weight is 560 g/mol. The Morgan fingerprint density at radius 2 is 1.80 bits per heavy atom. The smallest absolute Gasteiger partial charge is 0.264 e. The number of aromatic nitrogens is 2. The molecule has 40 heavy (non-hydrogen) atoms. The van der Waals surface area contributed by atoms with Crippen LogP contribution in [0.1, 0.15) is 16.1 Å². The van der Waals surface area contributed by atoms with Crippen LogP contribution >= 0.6 is 11.3 Å². The summed E-state index contributed by atoms with van der Waals surface area (Å²) in [5.74, 6) is 0.485.